The van der Waals surface area contributed by atoms with Gasteiger partial charge in [0.2, 0.25) is 0 Å². The molecule has 1 unspecified atom stereocenters. The van der Waals surface area contributed by atoms with Gasteiger partial charge in [-0.05, 0) is 62.3 Å². The summed E-state index contributed by atoms with van der Waals surface area (Å²) in [6.07, 6.45) is 2.98. The van der Waals surface area contributed by atoms with Gasteiger partial charge >= 0.3 is 0 Å². The van der Waals surface area contributed by atoms with Gasteiger partial charge in [0.1, 0.15) is 24.7 Å². The summed E-state index contributed by atoms with van der Waals surface area (Å²) in [6.45, 7) is 8.62. The maximum Gasteiger partial charge on any atom is 0.124 e. The molecule has 0 aromatic heterocycles. The lowest BCUT2D eigenvalue weighted by Crippen LogP contribution is -2.24. The van der Waals surface area contributed by atoms with E-state index in [1.54, 1.807) is 6.08 Å². The van der Waals surface area contributed by atoms with Crippen molar-refractivity contribution in [3.05, 3.63) is 69.7 Å². The number of nitrogens with one attached hydrogen (secondary N) is 2. The first-order valence-electron chi connectivity index (χ1n) is 9.50. The first kappa shape index (κ1) is 21.2. The Morgan fingerprint density at radius 2 is 2.11 bits per heavy atom. The molecule has 28 heavy (non-hydrogen) atoms. The zero-order valence-corrected chi connectivity index (χ0v) is 18.2. The Morgan fingerprint density at radius 3 is 2.86 bits per heavy atom. The summed E-state index contributed by atoms with van der Waals surface area (Å²) >= 11 is 9.54. The third-order valence-corrected chi connectivity index (χ3v) is 5.68. The van der Waals surface area contributed by atoms with E-state index in [4.69, 9.17) is 21.1 Å². The fraction of sp³-hybridized carbons (Fsp3) is 0.364. The lowest BCUT2D eigenvalue weighted by atomic mass is 10.1. The molecule has 0 bridgehead atoms. The third kappa shape index (κ3) is 6.24. The molecule has 6 heteroatoms. The molecule has 0 amide bonds. The predicted octanol–water partition coefficient (Wildman–Crippen LogP) is 4.95. The molecule has 1 aliphatic rings. The van der Waals surface area contributed by atoms with Crippen molar-refractivity contribution in [2.75, 3.05) is 26.2 Å². The van der Waals surface area contributed by atoms with Crippen molar-refractivity contribution in [1.29, 1.82) is 0 Å². The van der Waals surface area contributed by atoms with Gasteiger partial charge in [-0.15, -0.1) is 0 Å². The molecule has 1 aliphatic heterocycles. The molecule has 0 saturated carbocycles. The minimum atomic E-state index is 0.464. The van der Waals surface area contributed by atoms with Crippen LogP contribution in [0.1, 0.15) is 17.5 Å². The summed E-state index contributed by atoms with van der Waals surface area (Å²) in [6, 6.07) is 11.6. The van der Waals surface area contributed by atoms with Gasteiger partial charge in [-0.3, -0.25) is 0 Å². The zero-order chi connectivity index (χ0) is 19.8. The number of rotatable bonds is 10. The van der Waals surface area contributed by atoms with E-state index < -0.39 is 0 Å². The van der Waals surface area contributed by atoms with Crippen LogP contribution in [0.3, 0.4) is 0 Å². The minimum Gasteiger partial charge on any atom is -0.489 e. The van der Waals surface area contributed by atoms with Crippen molar-refractivity contribution in [1.82, 2.24) is 10.6 Å². The van der Waals surface area contributed by atoms with Crippen molar-refractivity contribution in [2.24, 2.45) is 5.92 Å². The van der Waals surface area contributed by atoms with Gasteiger partial charge in [-0.2, -0.15) is 0 Å². The van der Waals surface area contributed by atoms with Crippen LogP contribution >= 0.6 is 27.5 Å². The molecule has 0 radical (unpaired) electrons. The van der Waals surface area contributed by atoms with Crippen LogP contribution in [0.25, 0.3) is 0 Å². The lowest BCUT2D eigenvalue weighted by molar-refractivity contribution is 0.303. The van der Waals surface area contributed by atoms with Gasteiger partial charge in [0.25, 0.3) is 0 Å². The molecule has 1 fully saturated rings. The monoisotopic (exact) mass is 464 g/mol. The topological polar surface area (TPSA) is 42.5 Å². The molecule has 4 nitrogen and oxygen atoms in total. The van der Waals surface area contributed by atoms with Gasteiger partial charge in [-0.25, -0.2) is 0 Å². The van der Waals surface area contributed by atoms with Crippen LogP contribution in [-0.4, -0.2) is 26.2 Å². The number of ether oxygens (including phenoxy) is 2. The molecule has 0 aliphatic carbocycles. The average Bonchev–Trinajstić information content (AvgIpc) is 3.20. The van der Waals surface area contributed by atoms with Gasteiger partial charge in [-0.1, -0.05) is 46.3 Å². The lowest BCUT2D eigenvalue weighted by Gasteiger charge is -2.15. The first-order valence-corrected chi connectivity index (χ1v) is 10.7. The van der Waals surface area contributed by atoms with Crippen LogP contribution in [-0.2, 0) is 13.2 Å². The Balaban J connectivity index is 1.64. The largest absolute Gasteiger partial charge is 0.489 e. The van der Waals surface area contributed by atoms with Gasteiger partial charge < -0.3 is 20.1 Å². The van der Waals surface area contributed by atoms with E-state index in [1.165, 1.54) is 6.42 Å². The predicted molar refractivity (Wildman–Crippen MR) is 118 cm³/mol. The number of hydrogen-bond acceptors (Lipinski definition) is 4. The van der Waals surface area contributed by atoms with Crippen molar-refractivity contribution < 1.29 is 9.47 Å². The second kappa shape index (κ2) is 10.9. The molecule has 2 aromatic carbocycles. The number of benzene rings is 2. The number of hydrogen-bond donors (Lipinski definition) is 2. The summed E-state index contributed by atoms with van der Waals surface area (Å²) in [7, 11) is 0. The van der Waals surface area contributed by atoms with Crippen LogP contribution in [0.4, 0.5) is 0 Å². The van der Waals surface area contributed by atoms with E-state index in [1.807, 2.05) is 36.4 Å². The van der Waals surface area contributed by atoms with Crippen molar-refractivity contribution in [2.45, 2.75) is 19.6 Å². The highest BCUT2D eigenvalue weighted by molar-refractivity contribution is 9.10. The summed E-state index contributed by atoms with van der Waals surface area (Å²) in [5.74, 6) is 2.36. The van der Waals surface area contributed by atoms with E-state index >= 15 is 0 Å². The molecule has 150 valence electrons. The SMILES string of the molecule is C=CCOc1ccc(OCc2ccc(Cl)cc2Br)cc1CNCC1CCNC1. The Bertz CT molecular complexity index is 794. The average molecular weight is 466 g/mol. The first-order chi connectivity index (χ1) is 13.7. The highest BCUT2D eigenvalue weighted by atomic mass is 79.9. The molecule has 2 N–H and O–H groups in total. The van der Waals surface area contributed by atoms with Crippen LogP contribution in [0, 0.1) is 5.92 Å². The Hall–Kier alpha value is -1.53. The highest BCUT2D eigenvalue weighted by Gasteiger charge is 2.14. The highest BCUT2D eigenvalue weighted by Crippen LogP contribution is 2.27. The van der Waals surface area contributed by atoms with E-state index in [0.29, 0.717) is 24.2 Å². The van der Waals surface area contributed by atoms with Crippen LogP contribution in [0.5, 0.6) is 11.5 Å². The molecule has 1 saturated heterocycles. The number of halogens is 2. The second-order valence-electron chi connectivity index (χ2n) is 6.88. The molecule has 3 rings (SSSR count). The van der Waals surface area contributed by atoms with E-state index in [0.717, 1.165) is 53.3 Å². The molecular weight excluding hydrogens is 440 g/mol. The van der Waals surface area contributed by atoms with Crippen LogP contribution in [0.2, 0.25) is 5.02 Å². The normalized spacial score (nSPS) is 16.1. The second-order valence-corrected chi connectivity index (χ2v) is 8.17. The van der Waals surface area contributed by atoms with E-state index in [9.17, 15) is 0 Å². The van der Waals surface area contributed by atoms with Crippen LogP contribution < -0.4 is 20.1 Å². The molecule has 2 aromatic rings. The standard InChI is InChI=1S/C22H26BrClN2O2/c1-2-9-27-22-6-5-20(28-15-17-3-4-19(24)11-21(17)23)10-18(22)14-26-13-16-7-8-25-12-16/h2-6,10-11,16,25-26H,1,7-9,12-15H2. The maximum absolute atomic E-state index is 6.01. The fourth-order valence-corrected chi connectivity index (χ4v) is 3.97. The minimum absolute atomic E-state index is 0.464. The van der Waals surface area contributed by atoms with Gasteiger partial charge in [0.15, 0.2) is 0 Å². The molecule has 1 atom stereocenters. The Morgan fingerprint density at radius 1 is 1.21 bits per heavy atom. The molecular formula is C22H26BrClN2O2. The van der Waals surface area contributed by atoms with Crippen molar-refractivity contribution in [3.8, 4) is 11.5 Å². The van der Waals surface area contributed by atoms with Crippen LogP contribution in [0.15, 0.2) is 53.5 Å². The Labute approximate surface area is 180 Å². The zero-order valence-electron chi connectivity index (χ0n) is 15.8. The fourth-order valence-electron chi connectivity index (χ4n) is 3.17. The van der Waals surface area contributed by atoms with Crippen molar-refractivity contribution in [3.63, 3.8) is 0 Å². The summed E-state index contributed by atoms with van der Waals surface area (Å²) < 4.78 is 12.8. The smallest absolute Gasteiger partial charge is 0.124 e. The third-order valence-electron chi connectivity index (χ3n) is 4.71. The van der Waals surface area contributed by atoms with Crippen molar-refractivity contribution >= 4 is 27.5 Å². The summed E-state index contributed by atoms with van der Waals surface area (Å²) in [5.41, 5.74) is 2.13. The maximum atomic E-state index is 6.01. The van der Waals surface area contributed by atoms with Gasteiger partial charge in [0, 0.05) is 27.2 Å². The summed E-state index contributed by atoms with van der Waals surface area (Å²) in [4.78, 5) is 0. The van der Waals surface area contributed by atoms with E-state index in [2.05, 4.69) is 33.1 Å². The molecule has 1 heterocycles. The Kier molecular flexibility index (Phi) is 8.22. The van der Waals surface area contributed by atoms with Gasteiger partial charge in [0.05, 0.1) is 0 Å². The quantitative estimate of drug-likeness (QED) is 0.488. The summed E-state index contributed by atoms with van der Waals surface area (Å²) in [5, 5.41) is 7.65. The molecule has 0 spiro atoms. The van der Waals surface area contributed by atoms with E-state index in [-0.39, 0.29) is 0 Å².